The van der Waals surface area contributed by atoms with Gasteiger partial charge in [-0.15, -0.1) is 5.10 Å². The van der Waals surface area contributed by atoms with Gasteiger partial charge in [0.25, 0.3) is 5.56 Å². The molecule has 0 saturated heterocycles. The molecule has 2 aromatic heterocycles. The summed E-state index contributed by atoms with van der Waals surface area (Å²) in [6.07, 6.45) is -3.71. The Morgan fingerprint density at radius 3 is 2.78 bits per heavy atom. The van der Waals surface area contributed by atoms with Gasteiger partial charge in [-0.3, -0.25) is 9.59 Å². The first-order chi connectivity index (χ1) is 8.29. The van der Waals surface area contributed by atoms with Crippen molar-refractivity contribution < 1.29 is 18.0 Å². The molecule has 18 heavy (non-hydrogen) atoms. The number of nitrogens with zero attached hydrogens (tertiary/aromatic N) is 2. The number of nitrogens with one attached hydrogen (secondary N) is 2. The summed E-state index contributed by atoms with van der Waals surface area (Å²) in [5, 5.41) is 5.36. The molecule has 0 aliphatic rings. The van der Waals surface area contributed by atoms with Gasteiger partial charge in [0.2, 0.25) is 0 Å². The van der Waals surface area contributed by atoms with Crippen molar-refractivity contribution in [1.29, 1.82) is 0 Å². The molecule has 0 saturated carbocycles. The van der Waals surface area contributed by atoms with Crippen LogP contribution in [0.15, 0.2) is 17.1 Å². The number of aromatic nitrogens is 3. The second kappa shape index (κ2) is 3.86. The second-order valence-corrected chi connectivity index (χ2v) is 3.52. The summed E-state index contributed by atoms with van der Waals surface area (Å²) in [6.45, 7) is 1.43. The molecule has 2 N–H and O–H groups in total. The van der Waals surface area contributed by atoms with Crippen LogP contribution in [0.5, 0.6) is 0 Å². The summed E-state index contributed by atoms with van der Waals surface area (Å²) in [5.41, 5.74) is 0.0458. The molecule has 0 atom stereocenters. The number of aryl methyl sites for hydroxylation is 1. The lowest BCUT2D eigenvalue weighted by atomic mass is 10.3. The number of halogens is 3. The Bertz CT molecular complexity index is 670. The minimum atomic E-state index is -4.99. The molecule has 0 unspecified atom stereocenters. The summed E-state index contributed by atoms with van der Waals surface area (Å²) >= 11 is 0. The van der Waals surface area contributed by atoms with E-state index in [4.69, 9.17) is 0 Å². The predicted molar refractivity (Wildman–Crippen MR) is 55.2 cm³/mol. The highest BCUT2D eigenvalue weighted by Crippen LogP contribution is 2.21. The van der Waals surface area contributed by atoms with Gasteiger partial charge in [-0.2, -0.15) is 13.2 Å². The van der Waals surface area contributed by atoms with Gasteiger partial charge >= 0.3 is 12.1 Å². The largest absolute Gasteiger partial charge is 0.471 e. The van der Waals surface area contributed by atoms with Crippen molar-refractivity contribution >= 4 is 17.4 Å². The Morgan fingerprint density at radius 2 is 2.17 bits per heavy atom. The number of amides is 1. The molecule has 0 radical (unpaired) electrons. The molecule has 0 bridgehead atoms. The molecule has 96 valence electrons. The van der Waals surface area contributed by atoms with Gasteiger partial charge in [-0.05, 0) is 6.92 Å². The quantitative estimate of drug-likeness (QED) is 0.797. The Morgan fingerprint density at radius 1 is 1.50 bits per heavy atom. The molecule has 2 heterocycles. The van der Waals surface area contributed by atoms with Gasteiger partial charge in [0, 0.05) is 17.8 Å². The van der Waals surface area contributed by atoms with Crippen molar-refractivity contribution in [2.24, 2.45) is 0 Å². The van der Waals surface area contributed by atoms with E-state index >= 15 is 0 Å². The number of fused-ring (bicyclic) bond motifs is 1. The summed E-state index contributed by atoms with van der Waals surface area (Å²) in [5.74, 6) is -2.37. The van der Waals surface area contributed by atoms with Gasteiger partial charge in [0.05, 0.1) is 0 Å². The van der Waals surface area contributed by atoms with Gasteiger partial charge < -0.3 is 10.3 Å². The lowest BCUT2D eigenvalue weighted by molar-refractivity contribution is -0.167. The first-order valence-corrected chi connectivity index (χ1v) is 4.75. The third-order valence-electron chi connectivity index (χ3n) is 2.25. The van der Waals surface area contributed by atoms with Gasteiger partial charge in [0.1, 0.15) is 5.65 Å². The Hall–Kier alpha value is -2.32. The molecule has 0 fully saturated rings. The molecule has 0 aromatic carbocycles. The van der Waals surface area contributed by atoms with Gasteiger partial charge in [0.15, 0.2) is 5.82 Å². The van der Waals surface area contributed by atoms with Gasteiger partial charge in [-0.1, -0.05) is 0 Å². The monoisotopic (exact) mass is 260 g/mol. The molecular formula is C9H7F3N4O2. The summed E-state index contributed by atoms with van der Waals surface area (Å²) in [4.78, 5) is 24.2. The normalized spacial score (nSPS) is 11.8. The number of hydrogen-bond acceptors (Lipinski definition) is 3. The number of aromatic amines is 1. The predicted octanol–water partition coefficient (Wildman–Crippen LogP) is 0.832. The number of rotatable bonds is 1. The topological polar surface area (TPSA) is 79.3 Å². The number of carbonyl (C=O) groups excluding carboxylic acids is 1. The van der Waals surface area contributed by atoms with Crippen molar-refractivity contribution in [2.45, 2.75) is 13.1 Å². The fourth-order valence-electron chi connectivity index (χ4n) is 1.37. The lowest BCUT2D eigenvalue weighted by Crippen LogP contribution is -2.30. The average Bonchev–Trinajstić information content (AvgIpc) is 2.55. The molecule has 0 spiro atoms. The van der Waals surface area contributed by atoms with E-state index in [1.165, 1.54) is 17.6 Å². The van der Waals surface area contributed by atoms with Gasteiger partial charge in [-0.25, -0.2) is 4.52 Å². The van der Waals surface area contributed by atoms with Crippen LogP contribution in [0.1, 0.15) is 5.56 Å². The maximum atomic E-state index is 12.1. The zero-order valence-corrected chi connectivity index (χ0v) is 9.00. The fourth-order valence-corrected chi connectivity index (χ4v) is 1.37. The third kappa shape index (κ3) is 2.06. The summed E-state index contributed by atoms with van der Waals surface area (Å²) < 4.78 is 37.4. The smallest absolute Gasteiger partial charge is 0.307 e. The first-order valence-electron chi connectivity index (χ1n) is 4.75. The summed E-state index contributed by atoms with van der Waals surface area (Å²) in [7, 11) is 0. The van der Waals surface area contributed by atoms with E-state index in [0.29, 0.717) is 0 Å². The maximum absolute atomic E-state index is 12.1. The van der Waals surface area contributed by atoms with Crippen molar-refractivity contribution in [3.8, 4) is 0 Å². The molecule has 2 aromatic rings. The third-order valence-corrected chi connectivity index (χ3v) is 2.25. The molecule has 0 aliphatic carbocycles. The molecule has 6 nitrogen and oxygen atoms in total. The van der Waals surface area contributed by atoms with E-state index in [2.05, 4.69) is 10.1 Å². The fraction of sp³-hybridized carbons (Fsp3) is 0.222. The average molecular weight is 260 g/mol. The molecule has 9 heteroatoms. The molecule has 1 amide bonds. The number of anilines is 1. The number of carbonyl (C=O) groups is 1. The SMILES string of the molecule is Cc1c(NC(=O)C(F)(F)F)nn2ccc(=O)[nH]c12. The second-order valence-electron chi connectivity index (χ2n) is 3.52. The van der Waals surface area contributed by atoms with Crippen molar-refractivity contribution in [3.05, 3.63) is 28.2 Å². The highest BCUT2D eigenvalue weighted by molar-refractivity contribution is 5.95. The van der Waals surface area contributed by atoms with Crippen LogP contribution in [0.25, 0.3) is 5.65 Å². The number of H-pyrrole nitrogens is 1. The maximum Gasteiger partial charge on any atom is 0.471 e. The minimum absolute atomic E-state index is 0.222. The van der Waals surface area contributed by atoms with Crippen LogP contribution in [-0.2, 0) is 4.79 Å². The van der Waals surface area contributed by atoms with Crippen molar-refractivity contribution in [3.63, 3.8) is 0 Å². The van der Waals surface area contributed by atoms with E-state index in [1.54, 1.807) is 5.32 Å². The zero-order valence-electron chi connectivity index (χ0n) is 9.00. The molecular weight excluding hydrogens is 253 g/mol. The Labute approximate surface area is 97.4 Å². The van der Waals surface area contributed by atoms with Crippen LogP contribution in [0.2, 0.25) is 0 Å². The first kappa shape index (κ1) is 12.1. The van der Waals surface area contributed by atoms with Crippen LogP contribution in [0.3, 0.4) is 0 Å². The Balaban J connectivity index is 2.44. The standard InChI is InChI=1S/C9H7F3N4O2/c1-4-6(14-8(18)9(10,11)12)15-16-3-2-5(17)13-7(4)16/h2-3H,1H3,(H,13,17)(H,14,15,18). The van der Waals surface area contributed by atoms with Crippen molar-refractivity contribution in [1.82, 2.24) is 14.6 Å². The number of hydrogen-bond donors (Lipinski definition) is 2. The van der Waals surface area contributed by atoms with Crippen LogP contribution in [0, 0.1) is 6.92 Å². The van der Waals surface area contributed by atoms with Crippen molar-refractivity contribution in [2.75, 3.05) is 5.32 Å². The van der Waals surface area contributed by atoms with E-state index < -0.39 is 17.6 Å². The van der Waals surface area contributed by atoms with E-state index in [1.807, 2.05) is 0 Å². The van der Waals surface area contributed by atoms with Crippen LogP contribution >= 0.6 is 0 Å². The summed E-state index contributed by atoms with van der Waals surface area (Å²) in [6, 6.07) is 1.16. The lowest BCUT2D eigenvalue weighted by Gasteiger charge is -2.05. The number of alkyl halides is 3. The highest BCUT2D eigenvalue weighted by atomic mass is 19.4. The Kier molecular flexibility index (Phi) is 2.60. The minimum Gasteiger partial charge on any atom is -0.307 e. The zero-order chi connectivity index (χ0) is 13.5. The highest BCUT2D eigenvalue weighted by Gasteiger charge is 2.39. The van der Waals surface area contributed by atoms with E-state index in [-0.39, 0.29) is 17.0 Å². The van der Waals surface area contributed by atoms with Crippen LogP contribution in [-0.4, -0.2) is 26.7 Å². The van der Waals surface area contributed by atoms with E-state index in [0.717, 1.165) is 6.07 Å². The van der Waals surface area contributed by atoms with Crippen LogP contribution in [0.4, 0.5) is 19.0 Å². The van der Waals surface area contributed by atoms with E-state index in [9.17, 15) is 22.8 Å². The molecule has 0 aliphatic heterocycles. The molecule has 2 rings (SSSR count). The van der Waals surface area contributed by atoms with Crippen LogP contribution < -0.4 is 10.9 Å².